The second kappa shape index (κ2) is 5.59. The minimum absolute atomic E-state index is 0.160. The first-order chi connectivity index (χ1) is 8.62. The van der Waals surface area contributed by atoms with E-state index in [1.54, 1.807) is 0 Å². The summed E-state index contributed by atoms with van der Waals surface area (Å²) in [7, 11) is -1.82. The topological polar surface area (TPSA) is 26.3 Å². The van der Waals surface area contributed by atoms with Gasteiger partial charge in [-0.15, -0.1) is 0 Å². The molecule has 1 rings (SSSR count). The van der Waals surface area contributed by atoms with E-state index in [0.717, 1.165) is 11.8 Å². The van der Waals surface area contributed by atoms with Crippen molar-refractivity contribution in [3.05, 3.63) is 35.9 Å². The minimum atomic E-state index is -1.82. The van der Waals surface area contributed by atoms with Crippen molar-refractivity contribution in [2.45, 2.75) is 51.2 Å². The molecule has 2 nitrogen and oxygen atoms in total. The molecule has 0 spiro atoms. The molecule has 1 aromatic carbocycles. The molecule has 3 heteroatoms. The van der Waals surface area contributed by atoms with Crippen LogP contribution in [0.4, 0.5) is 0 Å². The van der Waals surface area contributed by atoms with Crippen LogP contribution in [-0.4, -0.2) is 21.2 Å². The summed E-state index contributed by atoms with van der Waals surface area (Å²) in [4.78, 5) is 11.5. The van der Waals surface area contributed by atoms with E-state index in [1.165, 1.54) is 0 Å². The zero-order valence-corrected chi connectivity index (χ0v) is 14.0. The molecule has 0 saturated heterocycles. The van der Waals surface area contributed by atoms with Crippen LogP contribution >= 0.6 is 0 Å². The van der Waals surface area contributed by atoms with Crippen LogP contribution in [0, 0.1) is 0 Å². The maximum Gasteiger partial charge on any atom is 0.192 e. The smallest absolute Gasteiger partial charge is 0.192 e. The number of benzene rings is 1. The van der Waals surface area contributed by atoms with Crippen LogP contribution in [0.5, 0.6) is 0 Å². The van der Waals surface area contributed by atoms with E-state index in [1.807, 2.05) is 37.3 Å². The third-order valence-corrected chi connectivity index (χ3v) is 8.71. The van der Waals surface area contributed by atoms with Crippen LogP contribution in [0.25, 0.3) is 0 Å². The molecule has 0 heterocycles. The van der Waals surface area contributed by atoms with Crippen LogP contribution in [0.1, 0.15) is 33.3 Å². The maximum absolute atomic E-state index is 11.5. The van der Waals surface area contributed by atoms with Crippen molar-refractivity contribution in [1.29, 1.82) is 0 Å². The van der Waals surface area contributed by atoms with Gasteiger partial charge in [0.25, 0.3) is 0 Å². The van der Waals surface area contributed by atoms with Crippen molar-refractivity contribution in [2.24, 2.45) is 0 Å². The molecule has 0 aliphatic rings. The van der Waals surface area contributed by atoms with Gasteiger partial charge >= 0.3 is 0 Å². The highest BCUT2D eigenvalue weighted by Gasteiger charge is 2.39. The molecule has 19 heavy (non-hydrogen) atoms. The van der Waals surface area contributed by atoms with E-state index in [2.05, 4.69) is 33.9 Å². The van der Waals surface area contributed by atoms with Crippen LogP contribution in [0.2, 0.25) is 18.1 Å². The third-order valence-electron chi connectivity index (χ3n) is 4.23. The average molecular weight is 278 g/mol. The highest BCUT2D eigenvalue weighted by atomic mass is 28.4. The summed E-state index contributed by atoms with van der Waals surface area (Å²) in [5.74, 6) is 0. The maximum atomic E-state index is 11.5. The normalized spacial score (nSPS) is 15.9. The fraction of sp³-hybridized carbons (Fsp3) is 0.562. The predicted octanol–water partition coefficient (Wildman–Crippen LogP) is 4.17. The van der Waals surface area contributed by atoms with Gasteiger partial charge in [-0.05, 0) is 30.6 Å². The zero-order valence-electron chi connectivity index (χ0n) is 13.0. The summed E-state index contributed by atoms with van der Waals surface area (Å²) in [6.07, 6.45) is 1.01. The van der Waals surface area contributed by atoms with Crippen LogP contribution in [-0.2, 0) is 14.6 Å². The fourth-order valence-electron chi connectivity index (χ4n) is 1.55. The van der Waals surface area contributed by atoms with Crippen molar-refractivity contribution in [3.63, 3.8) is 0 Å². The first-order valence-electron chi connectivity index (χ1n) is 6.78. The summed E-state index contributed by atoms with van der Waals surface area (Å²) >= 11 is 0. The molecule has 0 fully saturated rings. The predicted molar refractivity (Wildman–Crippen MR) is 83.0 cm³/mol. The van der Waals surface area contributed by atoms with E-state index in [-0.39, 0.29) is 5.04 Å². The number of hydrogen-bond donors (Lipinski definition) is 0. The first-order valence-corrected chi connectivity index (χ1v) is 9.69. The molecule has 106 valence electrons. The Hall–Kier alpha value is -0.933. The highest BCUT2D eigenvalue weighted by Crippen LogP contribution is 2.37. The van der Waals surface area contributed by atoms with Crippen molar-refractivity contribution in [1.82, 2.24) is 0 Å². The number of rotatable bonds is 5. The summed E-state index contributed by atoms with van der Waals surface area (Å²) < 4.78 is 6.21. The van der Waals surface area contributed by atoms with Gasteiger partial charge in [0.15, 0.2) is 8.32 Å². The second-order valence-corrected chi connectivity index (χ2v) is 11.8. The number of carbonyl (C=O) groups is 1. The van der Waals surface area contributed by atoms with Gasteiger partial charge in [-0.3, -0.25) is 0 Å². The van der Waals surface area contributed by atoms with Crippen molar-refractivity contribution in [3.8, 4) is 0 Å². The number of carbonyl (C=O) groups excluding carboxylic acids is 1. The van der Waals surface area contributed by atoms with E-state index in [4.69, 9.17) is 4.43 Å². The van der Waals surface area contributed by atoms with Crippen LogP contribution in [0.3, 0.4) is 0 Å². The van der Waals surface area contributed by atoms with E-state index in [0.29, 0.717) is 6.61 Å². The Morgan fingerprint density at radius 3 is 2.05 bits per heavy atom. The van der Waals surface area contributed by atoms with Crippen LogP contribution in [0.15, 0.2) is 30.3 Å². The Balaban J connectivity index is 2.87. The van der Waals surface area contributed by atoms with Gasteiger partial charge < -0.3 is 9.22 Å². The Labute approximate surface area is 118 Å². The van der Waals surface area contributed by atoms with Gasteiger partial charge in [-0.1, -0.05) is 51.1 Å². The van der Waals surface area contributed by atoms with E-state index in [9.17, 15) is 4.79 Å². The number of hydrogen-bond acceptors (Lipinski definition) is 2. The molecule has 1 aromatic rings. The molecular formula is C16H26O2Si. The molecule has 1 atom stereocenters. The Morgan fingerprint density at radius 1 is 1.11 bits per heavy atom. The van der Waals surface area contributed by atoms with Gasteiger partial charge in [0.1, 0.15) is 6.29 Å². The molecule has 0 amide bonds. The Bertz CT molecular complexity index is 420. The Kier molecular flexibility index (Phi) is 4.75. The summed E-state index contributed by atoms with van der Waals surface area (Å²) in [6.45, 7) is 13.5. The lowest BCUT2D eigenvalue weighted by atomic mass is 9.85. The molecule has 0 aromatic heterocycles. The molecule has 0 unspecified atom stereocenters. The van der Waals surface area contributed by atoms with E-state index < -0.39 is 13.7 Å². The quantitative estimate of drug-likeness (QED) is 0.597. The first kappa shape index (κ1) is 16.1. The lowest BCUT2D eigenvalue weighted by molar-refractivity contribution is -0.113. The van der Waals surface area contributed by atoms with Gasteiger partial charge in [0.2, 0.25) is 0 Å². The van der Waals surface area contributed by atoms with Crippen LogP contribution < -0.4 is 0 Å². The minimum Gasteiger partial charge on any atom is -0.415 e. The average Bonchev–Trinajstić information content (AvgIpc) is 2.36. The standard InChI is InChI=1S/C16H26O2Si/c1-15(2,3)19(5,6)18-13-16(4,12-17)14-10-8-7-9-11-14/h7-12H,13H2,1-6H3/t16-/m1/s1. The third kappa shape index (κ3) is 3.77. The summed E-state index contributed by atoms with van der Waals surface area (Å²) in [5, 5.41) is 0.160. The van der Waals surface area contributed by atoms with Crippen molar-refractivity contribution < 1.29 is 9.22 Å². The zero-order chi connectivity index (χ0) is 14.7. The van der Waals surface area contributed by atoms with Gasteiger partial charge in [0.05, 0.1) is 12.0 Å². The SMILES string of the molecule is CC(C)(C)[Si](C)(C)OC[C@@](C)(C=O)c1ccccc1. The molecule has 0 bridgehead atoms. The lowest BCUT2D eigenvalue weighted by Gasteiger charge is -2.38. The Morgan fingerprint density at radius 2 is 1.63 bits per heavy atom. The molecule has 0 radical (unpaired) electrons. The van der Waals surface area contributed by atoms with Crippen molar-refractivity contribution >= 4 is 14.6 Å². The molecule has 0 aliphatic heterocycles. The number of aldehydes is 1. The monoisotopic (exact) mass is 278 g/mol. The second-order valence-electron chi connectivity index (χ2n) is 6.95. The molecule has 0 aliphatic carbocycles. The fourth-order valence-corrected chi connectivity index (χ4v) is 2.64. The largest absolute Gasteiger partial charge is 0.415 e. The molecular weight excluding hydrogens is 252 g/mol. The summed E-state index contributed by atoms with van der Waals surface area (Å²) in [6, 6.07) is 9.86. The van der Waals surface area contributed by atoms with Gasteiger partial charge in [-0.25, -0.2) is 0 Å². The summed E-state index contributed by atoms with van der Waals surface area (Å²) in [5.41, 5.74) is 0.459. The highest BCUT2D eigenvalue weighted by molar-refractivity contribution is 6.74. The van der Waals surface area contributed by atoms with Gasteiger partial charge in [0, 0.05) is 0 Å². The molecule has 0 saturated carbocycles. The lowest BCUT2D eigenvalue weighted by Crippen LogP contribution is -2.45. The van der Waals surface area contributed by atoms with Gasteiger partial charge in [-0.2, -0.15) is 0 Å². The molecule has 0 N–H and O–H groups in total. The van der Waals surface area contributed by atoms with Crippen molar-refractivity contribution in [2.75, 3.05) is 6.61 Å². The van der Waals surface area contributed by atoms with E-state index >= 15 is 0 Å².